The van der Waals surface area contributed by atoms with Gasteiger partial charge in [-0.1, -0.05) is 6.92 Å². The van der Waals surface area contributed by atoms with E-state index >= 15 is 0 Å². The van der Waals surface area contributed by atoms with E-state index in [2.05, 4.69) is 0 Å². The number of rotatable bonds is 4. The van der Waals surface area contributed by atoms with Crippen LogP contribution in [0.4, 0.5) is 0 Å². The Morgan fingerprint density at radius 3 is 2.67 bits per heavy atom. The first kappa shape index (κ1) is 13.5. The third-order valence-electron chi connectivity index (χ3n) is 3.77. The molecule has 2 aliphatic rings. The minimum atomic E-state index is -0.935. The smallest absolute Gasteiger partial charge is 0.246 e. The fourth-order valence-corrected chi connectivity index (χ4v) is 3.30. The lowest BCUT2D eigenvalue weighted by atomic mass is 10.0. The predicted octanol–water partition coefficient (Wildman–Crippen LogP) is -0.0233. The van der Waals surface area contributed by atoms with Crippen molar-refractivity contribution in [3.63, 3.8) is 0 Å². The number of fused-ring (bicyclic) bond motifs is 1. The van der Waals surface area contributed by atoms with Gasteiger partial charge in [-0.3, -0.25) is 13.8 Å². The van der Waals surface area contributed by atoms with Crippen molar-refractivity contribution in [2.24, 2.45) is 0 Å². The monoisotopic (exact) mass is 272 g/mol. The van der Waals surface area contributed by atoms with Crippen LogP contribution in [0.2, 0.25) is 0 Å². The number of piperazine rings is 1. The first-order chi connectivity index (χ1) is 8.56. The van der Waals surface area contributed by atoms with Crippen molar-refractivity contribution in [3.8, 4) is 0 Å². The summed E-state index contributed by atoms with van der Waals surface area (Å²) in [4.78, 5) is 28.0. The van der Waals surface area contributed by atoms with E-state index in [-0.39, 0.29) is 23.9 Å². The lowest BCUT2D eigenvalue weighted by Gasteiger charge is -2.42. The van der Waals surface area contributed by atoms with E-state index in [4.69, 9.17) is 0 Å². The molecule has 6 heteroatoms. The molecule has 18 heavy (non-hydrogen) atoms. The molecule has 0 radical (unpaired) electrons. The van der Waals surface area contributed by atoms with Crippen molar-refractivity contribution in [1.82, 2.24) is 9.80 Å². The van der Waals surface area contributed by atoms with E-state index in [9.17, 15) is 13.8 Å². The summed E-state index contributed by atoms with van der Waals surface area (Å²) < 4.78 is 11.2. The van der Waals surface area contributed by atoms with Gasteiger partial charge in [0.1, 0.15) is 12.1 Å². The van der Waals surface area contributed by atoms with Crippen LogP contribution in [0.25, 0.3) is 0 Å². The molecule has 3 atom stereocenters. The summed E-state index contributed by atoms with van der Waals surface area (Å²) in [5.41, 5.74) is 0. The van der Waals surface area contributed by atoms with Crippen molar-refractivity contribution in [3.05, 3.63) is 0 Å². The summed E-state index contributed by atoms with van der Waals surface area (Å²) in [7, 11) is -0.935. The number of carbonyl (C=O) groups excluding carboxylic acids is 2. The van der Waals surface area contributed by atoms with Crippen molar-refractivity contribution in [2.45, 2.75) is 38.3 Å². The molecular formula is C12H20N2O3S. The highest BCUT2D eigenvalue weighted by Gasteiger charge is 2.46. The van der Waals surface area contributed by atoms with Crippen LogP contribution in [-0.2, 0) is 20.4 Å². The topological polar surface area (TPSA) is 57.7 Å². The summed E-state index contributed by atoms with van der Waals surface area (Å²) in [5, 5.41) is 0. The molecule has 0 spiro atoms. The first-order valence-corrected chi connectivity index (χ1v) is 8.20. The maximum absolute atomic E-state index is 12.4. The fraction of sp³-hybridized carbons (Fsp3) is 0.833. The third-order valence-corrected chi connectivity index (χ3v) is 4.53. The quantitative estimate of drug-likeness (QED) is 0.722. The Bertz CT molecular complexity index is 386. The molecule has 2 amide bonds. The molecular weight excluding hydrogens is 252 g/mol. The highest BCUT2D eigenvalue weighted by Crippen LogP contribution is 2.27. The molecule has 2 aliphatic heterocycles. The van der Waals surface area contributed by atoms with Crippen LogP contribution < -0.4 is 0 Å². The van der Waals surface area contributed by atoms with Gasteiger partial charge in [0.15, 0.2) is 0 Å². The molecule has 2 fully saturated rings. The molecule has 2 heterocycles. The van der Waals surface area contributed by atoms with Crippen molar-refractivity contribution >= 4 is 22.6 Å². The molecule has 5 nitrogen and oxygen atoms in total. The van der Waals surface area contributed by atoms with Crippen molar-refractivity contribution in [1.29, 1.82) is 0 Å². The average Bonchev–Trinajstić information content (AvgIpc) is 2.81. The Balaban J connectivity index is 2.17. The van der Waals surface area contributed by atoms with Gasteiger partial charge in [0.2, 0.25) is 11.8 Å². The van der Waals surface area contributed by atoms with Gasteiger partial charge in [0.05, 0.1) is 0 Å². The predicted molar refractivity (Wildman–Crippen MR) is 69.5 cm³/mol. The van der Waals surface area contributed by atoms with Crippen molar-refractivity contribution in [2.75, 3.05) is 25.1 Å². The molecule has 2 rings (SSSR count). The summed E-state index contributed by atoms with van der Waals surface area (Å²) in [6.07, 6.45) is 3.93. The van der Waals surface area contributed by atoms with Gasteiger partial charge in [-0.25, -0.2) is 0 Å². The van der Waals surface area contributed by atoms with Gasteiger partial charge >= 0.3 is 0 Å². The largest absolute Gasteiger partial charge is 0.329 e. The van der Waals surface area contributed by atoms with E-state index in [1.165, 1.54) is 0 Å². The summed E-state index contributed by atoms with van der Waals surface area (Å²) >= 11 is 0. The van der Waals surface area contributed by atoms with Crippen LogP contribution in [-0.4, -0.2) is 63.0 Å². The van der Waals surface area contributed by atoms with E-state index < -0.39 is 10.8 Å². The zero-order valence-electron chi connectivity index (χ0n) is 10.9. The van der Waals surface area contributed by atoms with Crippen LogP contribution in [0.5, 0.6) is 0 Å². The lowest BCUT2D eigenvalue weighted by molar-refractivity contribution is -0.159. The Morgan fingerprint density at radius 1 is 1.33 bits per heavy atom. The van der Waals surface area contributed by atoms with Crippen LogP contribution in [0.1, 0.15) is 26.2 Å². The Morgan fingerprint density at radius 2 is 2.06 bits per heavy atom. The summed E-state index contributed by atoms with van der Waals surface area (Å²) in [6.45, 7) is 3.05. The van der Waals surface area contributed by atoms with Crippen LogP contribution in [0, 0.1) is 0 Å². The van der Waals surface area contributed by atoms with Crippen molar-refractivity contribution < 1.29 is 13.8 Å². The Hall–Kier alpha value is -0.910. The normalized spacial score (nSPS) is 29.7. The number of nitrogens with zero attached hydrogens (tertiary/aromatic N) is 2. The zero-order valence-corrected chi connectivity index (χ0v) is 11.7. The summed E-state index contributed by atoms with van der Waals surface area (Å²) in [5.74, 6) is 0.563. The molecule has 0 aromatic carbocycles. The number of amides is 2. The third kappa shape index (κ3) is 2.30. The number of carbonyl (C=O) groups is 2. The Labute approximate surface area is 110 Å². The standard InChI is InChI=1S/C12H20N2O3S/c1-3-9-11(15)13-6-4-5-10(13)12(16)14(9)7-8-18(2)17/h9-10H,3-8H2,1-2H3. The number of hydrogen-bond acceptors (Lipinski definition) is 3. The molecule has 3 unspecified atom stereocenters. The second kappa shape index (κ2) is 5.38. The molecule has 0 N–H and O–H groups in total. The van der Waals surface area contributed by atoms with Gasteiger partial charge in [0, 0.05) is 35.9 Å². The second-order valence-electron chi connectivity index (χ2n) is 4.92. The van der Waals surface area contributed by atoms with Crippen LogP contribution >= 0.6 is 0 Å². The van der Waals surface area contributed by atoms with Gasteiger partial charge in [-0.15, -0.1) is 0 Å². The van der Waals surface area contributed by atoms with E-state index in [0.29, 0.717) is 25.3 Å². The van der Waals surface area contributed by atoms with Gasteiger partial charge < -0.3 is 9.80 Å². The molecule has 0 bridgehead atoms. The molecule has 2 saturated heterocycles. The minimum absolute atomic E-state index is 0.0457. The highest BCUT2D eigenvalue weighted by molar-refractivity contribution is 7.84. The van der Waals surface area contributed by atoms with Gasteiger partial charge in [-0.2, -0.15) is 0 Å². The average molecular weight is 272 g/mol. The molecule has 0 aliphatic carbocycles. The van der Waals surface area contributed by atoms with Gasteiger partial charge in [0.25, 0.3) is 0 Å². The van der Waals surface area contributed by atoms with Gasteiger partial charge in [-0.05, 0) is 19.3 Å². The highest BCUT2D eigenvalue weighted by atomic mass is 32.2. The molecule has 0 aromatic rings. The Kier molecular flexibility index (Phi) is 4.04. The van der Waals surface area contributed by atoms with E-state index in [1.807, 2.05) is 6.92 Å². The fourth-order valence-electron chi connectivity index (χ4n) is 2.84. The molecule has 102 valence electrons. The molecule has 0 saturated carbocycles. The number of hydrogen-bond donors (Lipinski definition) is 0. The molecule has 0 aromatic heterocycles. The minimum Gasteiger partial charge on any atom is -0.329 e. The second-order valence-corrected chi connectivity index (χ2v) is 6.48. The maximum Gasteiger partial charge on any atom is 0.246 e. The zero-order chi connectivity index (χ0) is 13.3. The van der Waals surface area contributed by atoms with Crippen LogP contribution in [0.3, 0.4) is 0 Å². The summed E-state index contributed by atoms with van der Waals surface area (Å²) in [6, 6.07) is -0.610. The maximum atomic E-state index is 12.4. The lowest BCUT2D eigenvalue weighted by Crippen LogP contribution is -2.63. The van der Waals surface area contributed by atoms with Crippen LogP contribution in [0.15, 0.2) is 0 Å². The SMILES string of the molecule is CCC1C(=O)N2CCCC2C(=O)N1CCS(C)=O. The first-order valence-electron chi connectivity index (χ1n) is 6.47. The van der Waals surface area contributed by atoms with E-state index in [1.54, 1.807) is 16.1 Å². The van der Waals surface area contributed by atoms with E-state index in [0.717, 1.165) is 12.8 Å².